The summed E-state index contributed by atoms with van der Waals surface area (Å²) in [5.74, 6) is -0.641. The van der Waals surface area contributed by atoms with Gasteiger partial charge in [0.25, 0.3) is 0 Å². The van der Waals surface area contributed by atoms with Gasteiger partial charge in [-0.15, -0.1) is 0 Å². The largest absolute Gasteiger partial charge is 0.462 e. The number of anilines is 1. The molecule has 0 unspecified atom stereocenters. The Morgan fingerprint density at radius 1 is 1.35 bits per heavy atom. The number of carbonyl (C=O) groups is 1. The number of nitro groups is 1. The number of benzene rings is 1. The summed E-state index contributed by atoms with van der Waals surface area (Å²) in [6.07, 6.45) is 3.17. The Labute approximate surface area is 117 Å². The lowest BCUT2D eigenvalue weighted by Crippen LogP contribution is -2.30. The van der Waals surface area contributed by atoms with E-state index in [1.807, 2.05) is 4.90 Å². The average Bonchev–Trinajstić information content (AvgIpc) is 2.47. The van der Waals surface area contributed by atoms with Crippen molar-refractivity contribution < 1.29 is 14.5 Å². The SMILES string of the molecule is CCOC(=O)c1cccc(N2CCCCC2)c1[N+](=O)[O-]. The number of piperidine rings is 1. The van der Waals surface area contributed by atoms with E-state index in [1.165, 1.54) is 6.07 Å². The van der Waals surface area contributed by atoms with E-state index in [0.717, 1.165) is 32.4 Å². The maximum Gasteiger partial charge on any atom is 0.345 e. The molecule has 1 heterocycles. The highest BCUT2D eigenvalue weighted by Crippen LogP contribution is 2.33. The van der Waals surface area contributed by atoms with E-state index in [4.69, 9.17) is 4.74 Å². The van der Waals surface area contributed by atoms with E-state index < -0.39 is 10.9 Å². The van der Waals surface area contributed by atoms with Gasteiger partial charge in [0.2, 0.25) is 0 Å². The van der Waals surface area contributed by atoms with E-state index in [9.17, 15) is 14.9 Å². The number of para-hydroxylation sites is 1. The molecule has 6 nitrogen and oxygen atoms in total. The first kappa shape index (κ1) is 14.3. The first-order valence-corrected chi connectivity index (χ1v) is 6.84. The van der Waals surface area contributed by atoms with Crippen molar-refractivity contribution in [3.63, 3.8) is 0 Å². The molecule has 0 N–H and O–H groups in total. The minimum atomic E-state index is -0.641. The van der Waals surface area contributed by atoms with Crippen LogP contribution in [-0.4, -0.2) is 30.6 Å². The van der Waals surface area contributed by atoms with Crippen LogP contribution >= 0.6 is 0 Å². The van der Waals surface area contributed by atoms with Gasteiger partial charge in [0.15, 0.2) is 0 Å². The summed E-state index contributed by atoms with van der Waals surface area (Å²) in [6, 6.07) is 4.82. The van der Waals surface area contributed by atoms with Crippen LogP contribution in [0.25, 0.3) is 0 Å². The average molecular weight is 278 g/mol. The van der Waals surface area contributed by atoms with Crippen molar-refractivity contribution >= 4 is 17.3 Å². The Kier molecular flexibility index (Phi) is 4.55. The number of nitrogens with zero attached hydrogens (tertiary/aromatic N) is 2. The number of ether oxygens (including phenoxy) is 1. The lowest BCUT2D eigenvalue weighted by molar-refractivity contribution is -0.384. The minimum Gasteiger partial charge on any atom is -0.462 e. The van der Waals surface area contributed by atoms with Crippen LogP contribution in [0.5, 0.6) is 0 Å². The molecule has 2 rings (SSSR count). The van der Waals surface area contributed by atoms with E-state index in [0.29, 0.717) is 5.69 Å². The van der Waals surface area contributed by atoms with Crippen molar-refractivity contribution in [2.75, 3.05) is 24.6 Å². The zero-order valence-corrected chi connectivity index (χ0v) is 11.5. The molecule has 1 saturated heterocycles. The van der Waals surface area contributed by atoms with Crippen LogP contribution < -0.4 is 4.90 Å². The normalized spacial score (nSPS) is 14.9. The van der Waals surface area contributed by atoms with Crippen molar-refractivity contribution in [2.45, 2.75) is 26.2 Å². The Balaban J connectivity index is 2.43. The third-order valence-electron chi connectivity index (χ3n) is 3.39. The highest BCUT2D eigenvalue weighted by molar-refractivity contribution is 5.97. The maximum atomic E-state index is 11.9. The van der Waals surface area contributed by atoms with Crippen LogP contribution in [0.4, 0.5) is 11.4 Å². The zero-order valence-electron chi connectivity index (χ0n) is 11.5. The number of rotatable bonds is 4. The molecule has 6 heteroatoms. The number of hydrogen-bond donors (Lipinski definition) is 0. The van der Waals surface area contributed by atoms with Gasteiger partial charge in [-0.1, -0.05) is 6.07 Å². The number of carbonyl (C=O) groups excluding carboxylic acids is 1. The molecular weight excluding hydrogens is 260 g/mol. The highest BCUT2D eigenvalue weighted by Gasteiger charge is 2.28. The van der Waals surface area contributed by atoms with Gasteiger partial charge in [0, 0.05) is 13.1 Å². The van der Waals surface area contributed by atoms with E-state index in [1.54, 1.807) is 19.1 Å². The fraction of sp³-hybridized carbons (Fsp3) is 0.500. The predicted molar refractivity (Wildman–Crippen MR) is 75.1 cm³/mol. The number of hydrogen-bond acceptors (Lipinski definition) is 5. The Morgan fingerprint density at radius 2 is 2.05 bits per heavy atom. The highest BCUT2D eigenvalue weighted by atomic mass is 16.6. The quantitative estimate of drug-likeness (QED) is 0.481. The lowest BCUT2D eigenvalue weighted by Gasteiger charge is -2.28. The van der Waals surface area contributed by atoms with E-state index in [2.05, 4.69) is 0 Å². The summed E-state index contributed by atoms with van der Waals surface area (Å²) in [7, 11) is 0. The Bertz CT molecular complexity index is 510. The van der Waals surface area contributed by atoms with Gasteiger partial charge in [-0.05, 0) is 38.3 Å². The lowest BCUT2D eigenvalue weighted by atomic mass is 10.1. The molecule has 1 aliphatic rings. The fourth-order valence-corrected chi connectivity index (χ4v) is 2.49. The number of esters is 1. The number of nitro benzene ring substituents is 1. The summed E-state index contributed by atoms with van der Waals surface area (Å²) >= 11 is 0. The molecule has 0 amide bonds. The molecular formula is C14H18N2O4. The molecule has 0 radical (unpaired) electrons. The molecule has 1 aromatic carbocycles. The molecule has 1 fully saturated rings. The van der Waals surface area contributed by atoms with Gasteiger partial charge < -0.3 is 9.64 Å². The van der Waals surface area contributed by atoms with Crippen LogP contribution in [0.1, 0.15) is 36.5 Å². The molecule has 0 bridgehead atoms. The third kappa shape index (κ3) is 2.89. The van der Waals surface area contributed by atoms with Gasteiger partial charge in [0.1, 0.15) is 11.3 Å². The van der Waals surface area contributed by atoms with Crippen molar-refractivity contribution in [2.24, 2.45) is 0 Å². The van der Waals surface area contributed by atoms with Gasteiger partial charge in [-0.25, -0.2) is 4.79 Å². The Morgan fingerprint density at radius 3 is 2.65 bits per heavy atom. The summed E-state index contributed by atoms with van der Waals surface area (Å²) in [5, 5.41) is 11.4. The molecule has 20 heavy (non-hydrogen) atoms. The van der Waals surface area contributed by atoms with Gasteiger partial charge in [-0.3, -0.25) is 10.1 Å². The first-order valence-electron chi connectivity index (χ1n) is 6.84. The molecule has 1 aliphatic heterocycles. The second-order valence-corrected chi connectivity index (χ2v) is 4.70. The summed E-state index contributed by atoms with van der Waals surface area (Å²) < 4.78 is 4.90. The standard InChI is InChI=1S/C14H18N2O4/c1-2-20-14(17)11-7-6-8-12(13(11)16(18)19)15-9-4-3-5-10-15/h6-8H,2-5,9-10H2,1H3. The van der Waals surface area contributed by atoms with E-state index in [-0.39, 0.29) is 17.9 Å². The van der Waals surface area contributed by atoms with Crippen LogP contribution in [0.15, 0.2) is 18.2 Å². The first-order chi connectivity index (χ1) is 9.65. The van der Waals surface area contributed by atoms with Crippen LogP contribution in [0.3, 0.4) is 0 Å². The van der Waals surface area contributed by atoms with Gasteiger partial charge in [0.05, 0.1) is 11.5 Å². The topological polar surface area (TPSA) is 72.7 Å². The van der Waals surface area contributed by atoms with Crippen LogP contribution in [-0.2, 0) is 4.74 Å². The molecule has 0 spiro atoms. The maximum absolute atomic E-state index is 11.9. The summed E-state index contributed by atoms with van der Waals surface area (Å²) in [4.78, 5) is 24.7. The van der Waals surface area contributed by atoms with Crippen LogP contribution in [0, 0.1) is 10.1 Å². The van der Waals surface area contributed by atoms with Gasteiger partial charge >= 0.3 is 11.7 Å². The molecule has 108 valence electrons. The molecule has 0 aromatic heterocycles. The van der Waals surface area contributed by atoms with Crippen molar-refractivity contribution in [1.29, 1.82) is 0 Å². The third-order valence-corrected chi connectivity index (χ3v) is 3.39. The molecule has 0 atom stereocenters. The monoisotopic (exact) mass is 278 g/mol. The van der Waals surface area contributed by atoms with Crippen LogP contribution in [0.2, 0.25) is 0 Å². The predicted octanol–water partition coefficient (Wildman–Crippen LogP) is 2.76. The zero-order chi connectivity index (χ0) is 14.5. The van der Waals surface area contributed by atoms with Crippen molar-refractivity contribution in [3.8, 4) is 0 Å². The Hall–Kier alpha value is -2.11. The minimum absolute atomic E-state index is 0.0277. The summed E-state index contributed by atoms with van der Waals surface area (Å²) in [5.41, 5.74) is 0.396. The van der Waals surface area contributed by atoms with Crippen molar-refractivity contribution in [3.05, 3.63) is 33.9 Å². The summed E-state index contributed by atoms with van der Waals surface area (Å²) in [6.45, 7) is 3.45. The second kappa shape index (κ2) is 6.36. The molecule has 0 aliphatic carbocycles. The fourth-order valence-electron chi connectivity index (χ4n) is 2.49. The van der Waals surface area contributed by atoms with Gasteiger partial charge in [-0.2, -0.15) is 0 Å². The van der Waals surface area contributed by atoms with E-state index >= 15 is 0 Å². The molecule has 0 saturated carbocycles. The molecule has 1 aromatic rings. The van der Waals surface area contributed by atoms with Crippen molar-refractivity contribution in [1.82, 2.24) is 0 Å². The smallest absolute Gasteiger partial charge is 0.345 e. The second-order valence-electron chi connectivity index (χ2n) is 4.70.